The summed E-state index contributed by atoms with van der Waals surface area (Å²) in [6, 6.07) is 8.19. The molecule has 0 N–H and O–H groups in total. The van der Waals surface area contributed by atoms with Gasteiger partial charge in [-0.05, 0) is 55.3 Å². The number of rotatable bonds is 2. The van der Waals surface area contributed by atoms with Crippen molar-refractivity contribution < 1.29 is 22.4 Å². The van der Waals surface area contributed by atoms with Crippen molar-refractivity contribution in [3.8, 4) is 11.3 Å². The molecular weight excluding hydrogens is 389 g/mol. The number of likely N-dealkylation sites (tertiary alicyclic amines) is 1. The van der Waals surface area contributed by atoms with Crippen LogP contribution in [0.5, 0.6) is 0 Å². The maximum absolute atomic E-state index is 12.9. The minimum Gasteiger partial charge on any atom is -0.457 e. The molecule has 2 aliphatic heterocycles. The van der Waals surface area contributed by atoms with Crippen LogP contribution in [0.25, 0.3) is 17.4 Å². The van der Waals surface area contributed by atoms with Crippen molar-refractivity contribution in [1.82, 2.24) is 4.90 Å². The van der Waals surface area contributed by atoms with E-state index in [4.69, 9.17) is 4.42 Å². The molecule has 0 radical (unpaired) electrons. The Morgan fingerprint density at radius 2 is 1.89 bits per heavy atom. The lowest BCUT2D eigenvalue weighted by molar-refractivity contribution is -0.137. The van der Waals surface area contributed by atoms with Crippen LogP contribution in [0, 0.1) is 0 Å². The maximum atomic E-state index is 12.9. The first-order valence-electron chi connectivity index (χ1n) is 8.95. The number of amidine groups is 1. The Morgan fingerprint density at radius 3 is 2.64 bits per heavy atom. The first-order chi connectivity index (χ1) is 13.4. The Kier molecular flexibility index (Phi) is 5.05. The van der Waals surface area contributed by atoms with Crippen molar-refractivity contribution in [3.05, 3.63) is 52.6 Å². The summed E-state index contributed by atoms with van der Waals surface area (Å²) in [6.45, 7) is 1.79. The molecule has 4 nitrogen and oxygen atoms in total. The van der Waals surface area contributed by atoms with Gasteiger partial charge in [0.15, 0.2) is 5.17 Å². The van der Waals surface area contributed by atoms with Crippen LogP contribution in [-0.2, 0) is 11.0 Å². The van der Waals surface area contributed by atoms with E-state index in [2.05, 4.69) is 9.89 Å². The molecule has 1 aromatic carbocycles. The summed E-state index contributed by atoms with van der Waals surface area (Å²) in [6.07, 6.45) is 0.541. The smallest absolute Gasteiger partial charge is 0.416 e. The number of hydrogen-bond acceptors (Lipinski definition) is 4. The molecule has 2 aromatic rings. The molecule has 4 rings (SSSR count). The molecule has 0 bridgehead atoms. The van der Waals surface area contributed by atoms with E-state index in [0.717, 1.165) is 38.1 Å². The van der Waals surface area contributed by atoms with Gasteiger partial charge < -0.3 is 9.32 Å². The zero-order chi connectivity index (χ0) is 19.7. The number of piperidine rings is 1. The van der Waals surface area contributed by atoms with E-state index in [1.54, 1.807) is 24.3 Å². The monoisotopic (exact) mass is 406 g/mol. The number of amides is 1. The van der Waals surface area contributed by atoms with Crippen LogP contribution < -0.4 is 0 Å². The van der Waals surface area contributed by atoms with E-state index in [0.29, 0.717) is 27.2 Å². The third-order valence-corrected chi connectivity index (χ3v) is 5.65. The molecule has 0 atom stereocenters. The fourth-order valence-electron chi connectivity index (χ4n) is 3.18. The number of furan rings is 1. The highest BCUT2D eigenvalue weighted by Crippen LogP contribution is 2.34. The lowest BCUT2D eigenvalue weighted by Gasteiger charge is -2.27. The second kappa shape index (κ2) is 7.50. The van der Waals surface area contributed by atoms with Gasteiger partial charge in [0, 0.05) is 24.7 Å². The number of aliphatic imine (C=N–C) groups is 1. The number of nitrogens with zero attached hydrogens (tertiary/aromatic N) is 2. The Bertz CT molecular complexity index is 956. The van der Waals surface area contributed by atoms with Gasteiger partial charge in [0.2, 0.25) is 0 Å². The summed E-state index contributed by atoms with van der Waals surface area (Å²) >= 11 is 1.31. The Hall–Kier alpha value is -2.48. The van der Waals surface area contributed by atoms with E-state index < -0.39 is 11.7 Å². The highest BCUT2D eigenvalue weighted by atomic mass is 32.2. The number of benzene rings is 1. The van der Waals surface area contributed by atoms with Crippen molar-refractivity contribution in [2.24, 2.45) is 4.99 Å². The number of halogens is 3. The normalized spacial score (nSPS) is 19.4. The molecule has 28 heavy (non-hydrogen) atoms. The molecule has 2 aliphatic rings. The molecule has 0 spiro atoms. The van der Waals surface area contributed by atoms with Crippen LogP contribution in [0.2, 0.25) is 0 Å². The predicted octanol–water partition coefficient (Wildman–Crippen LogP) is 5.42. The minimum atomic E-state index is -4.41. The average Bonchev–Trinajstić information content (AvgIpc) is 3.29. The first kappa shape index (κ1) is 18.9. The quantitative estimate of drug-likeness (QED) is 0.625. The molecule has 0 unspecified atom stereocenters. The van der Waals surface area contributed by atoms with Crippen LogP contribution in [0.1, 0.15) is 30.6 Å². The number of carbonyl (C=O) groups is 1. The van der Waals surface area contributed by atoms with Crippen LogP contribution >= 0.6 is 11.8 Å². The van der Waals surface area contributed by atoms with Gasteiger partial charge in [-0.3, -0.25) is 4.79 Å². The SMILES string of the molecule is O=C1N=C(N2CCCCC2)S/C1=C/c1ccc(-c2cccc(C(F)(F)F)c2)o1. The van der Waals surface area contributed by atoms with Gasteiger partial charge in [-0.1, -0.05) is 12.1 Å². The summed E-state index contributed by atoms with van der Waals surface area (Å²) in [5, 5.41) is 0.709. The highest BCUT2D eigenvalue weighted by molar-refractivity contribution is 8.18. The summed E-state index contributed by atoms with van der Waals surface area (Å²) in [4.78, 5) is 18.9. The van der Waals surface area contributed by atoms with Crippen molar-refractivity contribution in [2.75, 3.05) is 13.1 Å². The molecular formula is C20H17F3N2O2S. The van der Waals surface area contributed by atoms with Crippen molar-refractivity contribution in [1.29, 1.82) is 0 Å². The van der Waals surface area contributed by atoms with Gasteiger partial charge in [0.1, 0.15) is 11.5 Å². The highest BCUT2D eigenvalue weighted by Gasteiger charge is 2.31. The van der Waals surface area contributed by atoms with Gasteiger partial charge in [-0.15, -0.1) is 0 Å². The van der Waals surface area contributed by atoms with Crippen molar-refractivity contribution >= 4 is 28.9 Å². The van der Waals surface area contributed by atoms with E-state index in [1.807, 2.05) is 0 Å². The van der Waals surface area contributed by atoms with Crippen LogP contribution in [-0.4, -0.2) is 29.1 Å². The van der Waals surface area contributed by atoms with Crippen molar-refractivity contribution in [2.45, 2.75) is 25.4 Å². The predicted molar refractivity (Wildman–Crippen MR) is 103 cm³/mol. The maximum Gasteiger partial charge on any atom is 0.416 e. The van der Waals surface area contributed by atoms with Crippen LogP contribution in [0.4, 0.5) is 13.2 Å². The van der Waals surface area contributed by atoms with Gasteiger partial charge in [0.05, 0.1) is 10.5 Å². The zero-order valence-electron chi connectivity index (χ0n) is 14.8. The molecule has 8 heteroatoms. The fraction of sp³-hybridized carbons (Fsp3) is 0.300. The summed E-state index contributed by atoms with van der Waals surface area (Å²) in [5.41, 5.74) is -0.405. The van der Waals surface area contributed by atoms with E-state index in [-0.39, 0.29) is 5.91 Å². The molecule has 1 amide bonds. The topological polar surface area (TPSA) is 45.8 Å². The van der Waals surface area contributed by atoms with Crippen LogP contribution in [0.3, 0.4) is 0 Å². The second-order valence-electron chi connectivity index (χ2n) is 6.64. The van der Waals surface area contributed by atoms with Gasteiger partial charge in [-0.25, -0.2) is 0 Å². The Morgan fingerprint density at radius 1 is 1.11 bits per heavy atom. The number of hydrogen-bond donors (Lipinski definition) is 0. The molecule has 0 aliphatic carbocycles. The first-order valence-corrected chi connectivity index (χ1v) is 9.77. The van der Waals surface area contributed by atoms with Crippen molar-refractivity contribution in [3.63, 3.8) is 0 Å². The van der Waals surface area contributed by atoms with E-state index in [9.17, 15) is 18.0 Å². The molecule has 1 aromatic heterocycles. The molecule has 146 valence electrons. The standard InChI is InChI=1S/C20H17F3N2O2S/c21-20(22,23)14-6-4-5-13(11-14)16-8-7-15(27-16)12-17-18(26)24-19(28-17)25-9-2-1-3-10-25/h4-8,11-12H,1-3,9-10H2/b17-12+. The summed E-state index contributed by atoms with van der Waals surface area (Å²) in [5.74, 6) is 0.395. The Labute approximate surface area is 164 Å². The summed E-state index contributed by atoms with van der Waals surface area (Å²) < 4.78 is 44.3. The lowest BCUT2D eigenvalue weighted by Crippen LogP contribution is -2.33. The fourth-order valence-corrected chi connectivity index (χ4v) is 4.13. The zero-order valence-corrected chi connectivity index (χ0v) is 15.6. The minimum absolute atomic E-state index is 0.311. The Balaban J connectivity index is 1.52. The van der Waals surface area contributed by atoms with E-state index >= 15 is 0 Å². The van der Waals surface area contributed by atoms with Gasteiger partial charge >= 0.3 is 6.18 Å². The second-order valence-corrected chi connectivity index (χ2v) is 7.65. The molecule has 3 heterocycles. The largest absolute Gasteiger partial charge is 0.457 e. The van der Waals surface area contributed by atoms with Gasteiger partial charge in [-0.2, -0.15) is 18.2 Å². The molecule has 1 saturated heterocycles. The number of thioether (sulfide) groups is 1. The van der Waals surface area contributed by atoms with Gasteiger partial charge in [0.25, 0.3) is 5.91 Å². The average molecular weight is 406 g/mol. The molecule has 0 saturated carbocycles. The molecule has 1 fully saturated rings. The summed E-state index contributed by atoms with van der Waals surface area (Å²) in [7, 11) is 0. The third kappa shape index (κ3) is 4.01. The van der Waals surface area contributed by atoms with Crippen LogP contribution in [0.15, 0.2) is 50.7 Å². The number of alkyl halides is 3. The number of carbonyl (C=O) groups excluding carboxylic acids is 1. The lowest BCUT2D eigenvalue weighted by atomic mass is 10.1. The van der Waals surface area contributed by atoms with E-state index in [1.165, 1.54) is 24.2 Å². The third-order valence-electron chi connectivity index (χ3n) is 4.61.